The smallest absolute Gasteiger partial charge is 0.249 e. The standard InChI is InChI=1S/C16H29NOS/c1-16(2)11-7-5-3-4-6-9-14(10-8-12-16)15(18)17-13-19/h13-14H,3-12H2,1-2H3,(H,17,18,19). The lowest BCUT2D eigenvalue weighted by molar-refractivity contribution is -0.122. The van der Waals surface area contributed by atoms with Gasteiger partial charge in [-0.05, 0) is 31.1 Å². The van der Waals surface area contributed by atoms with Crippen molar-refractivity contribution >= 4 is 24.1 Å². The van der Waals surface area contributed by atoms with Crippen LogP contribution in [0.5, 0.6) is 0 Å². The quantitative estimate of drug-likeness (QED) is 0.408. The Morgan fingerprint density at radius 3 is 2.37 bits per heavy atom. The minimum atomic E-state index is 0.0323. The molecule has 2 nitrogen and oxygen atoms in total. The van der Waals surface area contributed by atoms with Gasteiger partial charge in [-0.3, -0.25) is 4.79 Å². The second-order valence-electron chi connectivity index (χ2n) is 6.64. The summed E-state index contributed by atoms with van der Waals surface area (Å²) in [5.74, 6) is 0.156. The zero-order chi connectivity index (χ0) is 14.1. The average Bonchev–Trinajstić information content (AvgIpc) is 2.33. The Hall–Kier alpha value is -0.310. The summed E-state index contributed by atoms with van der Waals surface area (Å²) in [7, 11) is 0. The minimum Gasteiger partial charge on any atom is -0.272 e. The molecule has 0 aliphatic heterocycles. The van der Waals surface area contributed by atoms with Crippen molar-refractivity contribution in [2.75, 3.05) is 0 Å². The molecule has 1 rings (SSSR count). The summed E-state index contributed by atoms with van der Waals surface area (Å²) >= 11 is 3.91. The van der Waals surface area contributed by atoms with Crippen LogP contribution in [0.2, 0.25) is 0 Å². The Bertz CT molecular complexity index is 299. The first-order chi connectivity index (χ1) is 9.05. The van der Waals surface area contributed by atoms with Gasteiger partial charge in [0.05, 0.1) is 5.55 Å². The van der Waals surface area contributed by atoms with Gasteiger partial charge in [0.2, 0.25) is 5.91 Å². The molecule has 0 N–H and O–H groups in total. The summed E-state index contributed by atoms with van der Waals surface area (Å²) in [5.41, 5.74) is 1.77. The lowest BCUT2D eigenvalue weighted by Gasteiger charge is -2.26. The van der Waals surface area contributed by atoms with Gasteiger partial charge in [-0.1, -0.05) is 52.4 Å². The Morgan fingerprint density at radius 1 is 1.05 bits per heavy atom. The molecule has 0 aromatic rings. The predicted octanol–water partition coefficient (Wildman–Crippen LogP) is 5.03. The second kappa shape index (κ2) is 8.78. The highest BCUT2D eigenvalue weighted by atomic mass is 32.1. The van der Waals surface area contributed by atoms with Crippen molar-refractivity contribution in [3.63, 3.8) is 0 Å². The Kier molecular flexibility index (Phi) is 7.74. The fourth-order valence-corrected chi connectivity index (χ4v) is 3.14. The van der Waals surface area contributed by atoms with Gasteiger partial charge in [0.1, 0.15) is 0 Å². The monoisotopic (exact) mass is 283 g/mol. The lowest BCUT2D eigenvalue weighted by Crippen LogP contribution is -2.16. The van der Waals surface area contributed by atoms with Crippen LogP contribution < -0.4 is 0 Å². The fourth-order valence-electron chi connectivity index (χ4n) is 3.03. The van der Waals surface area contributed by atoms with Crippen LogP contribution in [-0.2, 0) is 4.79 Å². The maximum Gasteiger partial charge on any atom is 0.249 e. The summed E-state index contributed by atoms with van der Waals surface area (Å²) in [6.45, 7) is 4.73. The summed E-state index contributed by atoms with van der Waals surface area (Å²) in [5, 5.41) is 0. The molecule has 1 fully saturated rings. The normalized spacial score (nSPS) is 26.6. The van der Waals surface area contributed by atoms with E-state index < -0.39 is 0 Å². The molecule has 1 aliphatic rings. The number of carbonyl (C=O) groups is 1. The molecule has 0 aromatic carbocycles. The SMILES string of the molecule is CC1(C)CCCCCCCC(C(=O)N=CS)CCC1. The molecule has 0 saturated heterocycles. The molecule has 1 saturated carbocycles. The highest BCUT2D eigenvalue weighted by Crippen LogP contribution is 2.32. The Morgan fingerprint density at radius 2 is 1.63 bits per heavy atom. The first-order valence-electron chi connectivity index (χ1n) is 7.76. The van der Waals surface area contributed by atoms with Crippen molar-refractivity contribution < 1.29 is 4.79 Å². The number of hydrogen-bond acceptors (Lipinski definition) is 1. The average molecular weight is 283 g/mol. The molecule has 0 spiro atoms. The molecule has 19 heavy (non-hydrogen) atoms. The summed E-state index contributed by atoms with van der Waals surface area (Å²) in [4.78, 5) is 15.8. The summed E-state index contributed by atoms with van der Waals surface area (Å²) in [6.07, 6.45) is 12.1. The molecule has 0 aromatic heterocycles. The predicted molar refractivity (Wildman–Crippen MR) is 85.9 cm³/mol. The lowest BCUT2D eigenvalue weighted by atomic mass is 9.80. The number of amides is 1. The molecular weight excluding hydrogens is 254 g/mol. The number of carbonyl (C=O) groups excluding carboxylic acids is 1. The van der Waals surface area contributed by atoms with Crippen molar-refractivity contribution in [3.8, 4) is 0 Å². The fraction of sp³-hybridized carbons (Fsp3) is 0.875. The number of rotatable bonds is 1. The Balaban J connectivity index is 2.55. The van der Waals surface area contributed by atoms with Crippen LogP contribution in [0.15, 0.2) is 4.99 Å². The van der Waals surface area contributed by atoms with Gasteiger partial charge in [0, 0.05) is 5.92 Å². The summed E-state index contributed by atoms with van der Waals surface area (Å²) < 4.78 is 0. The van der Waals surface area contributed by atoms with Crippen LogP contribution in [0.25, 0.3) is 0 Å². The van der Waals surface area contributed by atoms with E-state index in [-0.39, 0.29) is 11.8 Å². The van der Waals surface area contributed by atoms with Crippen molar-refractivity contribution in [1.82, 2.24) is 0 Å². The maximum absolute atomic E-state index is 11.9. The zero-order valence-electron chi connectivity index (χ0n) is 12.5. The van der Waals surface area contributed by atoms with Crippen LogP contribution in [0.1, 0.15) is 78.1 Å². The number of nitrogens with zero attached hydrogens (tertiary/aromatic N) is 1. The second-order valence-corrected chi connectivity index (χ2v) is 6.87. The maximum atomic E-state index is 11.9. The third kappa shape index (κ3) is 7.14. The molecule has 1 atom stereocenters. The van der Waals surface area contributed by atoms with Crippen molar-refractivity contribution in [2.24, 2.45) is 16.3 Å². The molecule has 0 bridgehead atoms. The summed E-state index contributed by atoms with van der Waals surface area (Å²) in [6, 6.07) is 0. The number of aliphatic imine (C=N–C) groups is 1. The van der Waals surface area contributed by atoms with E-state index in [1.54, 1.807) is 0 Å². The highest BCUT2D eigenvalue weighted by Gasteiger charge is 2.21. The van der Waals surface area contributed by atoms with E-state index in [4.69, 9.17) is 0 Å². The number of hydrogen-bond donors (Lipinski definition) is 1. The van der Waals surface area contributed by atoms with Gasteiger partial charge in [-0.25, -0.2) is 4.99 Å². The molecule has 1 unspecified atom stereocenters. The van der Waals surface area contributed by atoms with Crippen LogP contribution in [0.3, 0.4) is 0 Å². The highest BCUT2D eigenvalue weighted by molar-refractivity contribution is 7.94. The van der Waals surface area contributed by atoms with Gasteiger partial charge in [-0.2, -0.15) is 0 Å². The van der Waals surface area contributed by atoms with Crippen molar-refractivity contribution in [2.45, 2.75) is 78.1 Å². The van der Waals surface area contributed by atoms with Gasteiger partial charge in [0.25, 0.3) is 0 Å². The molecule has 1 aliphatic carbocycles. The van der Waals surface area contributed by atoms with Gasteiger partial charge < -0.3 is 0 Å². The molecular formula is C16H29NOS. The van der Waals surface area contributed by atoms with Crippen LogP contribution in [-0.4, -0.2) is 11.5 Å². The van der Waals surface area contributed by atoms with E-state index in [2.05, 4.69) is 31.5 Å². The van der Waals surface area contributed by atoms with E-state index in [1.165, 1.54) is 50.5 Å². The van der Waals surface area contributed by atoms with Crippen LogP contribution >= 0.6 is 12.6 Å². The van der Waals surface area contributed by atoms with Crippen molar-refractivity contribution in [3.05, 3.63) is 0 Å². The molecule has 3 heteroatoms. The van der Waals surface area contributed by atoms with E-state index in [1.807, 2.05) is 0 Å². The number of thiol groups is 1. The van der Waals surface area contributed by atoms with E-state index in [0.29, 0.717) is 5.41 Å². The van der Waals surface area contributed by atoms with Crippen LogP contribution in [0.4, 0.5) is 0 Å². The third-order valence-corrected chi connectivity index (χ3v) is 4.46. The zero-order valence-corrected chi connectivity index (χ0v) is 13.4. The molecule has 1 amide bonds. The van der Waals surface area contributed by atoms with E-state index >= 15 is 0 Å². The third-order valence-electron chi connectivity index (χ3n) is 4.35. The molecule has 110 valence electrons. The first-order valence-corrected chi connectivity index (χ1v) is 8.27. The van der Waals surface area contributed by atoms with Crippen molar-refractivity contribution in [1.29, 1.82) is 0 Å². The Labute approximate surface area is 123 Å². The van der Waals surface area contributed by atoms with Gasteiger partial charge >= 0.3 is 0 Å². The van der Waals surface area contributed by atoms with Gasteiger partial charge in [0.15, 0.2) is 0 Å². The topological polar surface area (TPSA) is 29.4 Å². The van der Waals surface area contributed by atoms with E-state index in [0.717, 1.165) is 19.3 Å². The first kappa shape index (κ1) is 16.7. The van der Waals surface area contributed by atoms with Crippen LogP contribution in [0, 0.1) is 11.3 Å². The molecule has 0 heterocycles. The largest absolute Gasteiger partial charge is 0.272 e. The van der Waals surface area contributed by atoms with E-state index in [9.17, 15) is 4.79 Å². The van der Waals surface area contributed by atoms with Gasteiger partial charge in [-0.15, -0.1) is 12.6 Å². The molecule has 0 radical (unpaired) electrons. The minimum absolute atomic E-state index is 0.0323.